The summed E-state index contributed by atoms with van der Waals surface area (Å²) < 4.78 is 0. The van der Waals surface area contributed by atoms with Gasteiger partial charge in [-0.1, -0.05) is 18.2 Å². The van der Waals surface area contributed by atoms with Crippen LogP contribution in [0.5, 0.6) is 0 Å². The number of para-hydroxylation sites is 1. The van der Waals surface area contributed by atoms with E-state index in [4.69, 9.17) is 5.11 Å². The second-order valence-corrected chi connectivity index (χ2v) is 4.12. The second kappa shape index (κ2) is 6.66. The maximum atomic E-state index is 11.5. The van der Waals surface area contributed by atoms with E-state index in [1.165, 1.54) is 6.08 Å². The lowest BCUT2D eigenvalue weighted by molar-refractivity contribution is -0.116. The van der Waals surface area contributed by atoms with E-state index in [1.807, 2.05) is 30.3 Å². The summed E-state index contributed by atoms with van der Waals surface area (Å²) >= 11 is 0. The van der Waals surface area contributed by atoms with Gasteiger partial charge in [-0.05, 0) is 30.2 Å². The molecule has 0 aliphatic rings. The van der Waals surface area contributed by atoms with Gasteiger partial charge in [-0.3, -0.25) is 9.78 Å². The first-order chi connectivity index (χ1) is 9.31. The molecule has 0 saturated carbocycles. The summed E-state index contributed by atoms with van der Waals surface area (Å²) in [5.41, 5.74) is 1.87. The van der Waals surface area contributed by atoms with Crippen LogP contribution in [-0.4, -0.2) is 29.1 Å². The minimum absolute atomic E-state index is 0.0823. The number of aliphatic hydroxyl groups excluding tert-OH is 1. The van der Waals surface area contributed by atoms with Gasteiger partial charge in [0, 0.05) is 30.8 Å². The van der Waals surface area contributed by atoms with Crippen molar-refractivity contribution in [3.05, 3.63) is 48.2 Å². The molecule has 2 rings (SSSR count). The average molecular weight is 256 g/mol. The molecule has 0 aliphatic carbocycles. The highest BCUT2D eigenvalue weighted by atomic mass is 16.3. The third-order valence-corrected chi connectivity index (χ3v) is 2.73. The Labute approximate surface area is 111 Å². The number of nitrogens with zero attached hydrogens (tertiary/aromatic N) is 1. The van der Waals surface area contributed by atoms with E-state index in [-0.39, 0.29) is 12.5 Å². The smallest absolute Gasteiger partial charge is 0.244 e. The molecule has 1 heterocycles. The zero-order valence-corrected chi connectivity index (χ0v) is 10.5. The van der Waals surface area contributed by atoms with Crippen LogP contribution in [0.1, 0.15) is 12.0 Å². The average Bonchev–Trinajstić information content (AvgIpc) is 2.45. The maximum Gasteiger partial charge on any atom is 0.244 e. The topological polar surface area (TPSA) is 62.2 Å². The van der Waals surface area contributed by atoms with Crippen molar-refractivity contribution in [3.63, 3.8) is 0 Å². The number of amides is 1. The molecule has 98 valence electrons. The number of rotatable bonds is 5. The van der Waals surface area contributed by atoms with Crippen LogP contribution in [0.4, 0.5) is 0 Å². The highest BCUT2D eigenvalue weighted by Gasteiger charge is 1.99. The van der Waals surface area contributed by atoms with Gasteiger partial charge in [0.15, 0.2) is 0 Å². The molecule has 0 spiro atoms. The van der Waals surface area contributed by atoms with Gasteiger partial charge in [0.05, 0.1) is 5.52 Å². The molecule has 19 heavy (non-hydrogen) atoms. The fourth-order valence-electron chi connectivity index (χ4n) is 1.78. The Morgan fingerprint density at radius 1 is 1.32 bits per heavy atom. The van der Waals surface area contributed by atoms with Gasteiger partial charge in [-0.2, -0.15) is 0 Å². The van der Waals surface area contributed by atoms with E-state index in [0.29, 0.717) is 13.0 Å². The molecule has 0 radical (unpaired) electrons. The molecule has 0 saturated heterocycles. The number of pyridine rings is 1. The Morgan fingerprint density at radius 3 is 3.00 bits per heavy atom. The van der Waals surface area contributed by atoms with Gasteiger partial charge in [0.2, 0.25) is 5.91 Å². The lowest BCUT2D eigenvalue weighted by Gasteiger charge is -2.01. The second-order valence-electron chi connectivity index (χ2n) is 4.12. The Morgan fingerprint density at radius 2 is 2.16 bits per heavy atom. The number of hydrogen-bond acceptors (Lipinski definition) is 3. The number of carbonyl (C=O) groups is 1. The summed E-state index contributed by atoms with van der Waals surface area (Å²) in [5, 5.41) is 12.3. The van der Waals surface area contributed by atoms with Gasteiger partial charge in [-0.25, -0.2) is 0 Å². The number of aliphatic hydroxyl groups is 1. The van der Waals surface area contributed by atoms with E-state index in [9.17, 15) is 4.79 Å². The van der Waals surface area contributed by atoms with E-state index < -0.39 is 0 Å². The molecule has 0 atom stereocenters. The summed E-state index contributed by atoms with van der Waals surface area (Å²) in [4.78, 5) is 15.8. The van der Waals surface area contributed by atoms with Crippen LogP contribution in [0.25, 0.3) is 17.0 Å². The van der Waals surface area contributed by atoms with Gasteiger partial charge in [0.1, 0.15) is 0 Å². The molecule has 2 N–H and O–H groups in total. The molecular weight excluding hydrogens is 240 g/mol. The van der Waals surface area contributed by atoms with E-state index >= 15 is 0 Å². The third-order valence-electron chi connectivity index (χ3n) is 2.73. The number of fused-ring (bicyclic) bond motifs is 1. The molecule has 2 aromatic rings. The molecular formula is C15H16N2O2. The van der Waals surface area contributed by atoms with Crippen molar-refractivity contribution < 1.29 is 9.90 Å². The van der Waals surface area contributed by atoms with Crippen LogP contribution in [0, 0.1) is 0 Å². The van der Waals surface area contributed by atoms with Crippen LogP contribution < -0.4 is 5.32 Å². The fourth-order valence-corrected chi connectivity index (χ4v) is 1.78. The van der Waals surface area contributed by atoms with Crippen LogP contribution >= 0.6 is 0 Å². The molecule has 1 aromatic heterocycles. The van der Waals surface area contributed by atoms with Crippen LogP contribution in [0.3, 0.4) is 0 Å². The first kappa shape index (κ1) is 13.2. The number of hydrogen-bond donors (Lipinski definition) is 2. The largest absolute Gasteiger partial charge is 0.396 e. The molecule has 4 nitrogen and oxygen atoms in total. The molecule has 0 aliphatic heterocycles. The number of nitrogens with one attached hydrogen (secondary N) is 1. The predicted octanol–water partition coefficient (Wildman–Crippen LogP) is 1.75. The summed E-state index contributed by atoms with van der Waals surface area (Å²) in [5.74, 6) is -0.158. The first-order valence-corrected chi connectivity index (χ1v) is 6.22. The van der Waals surface area contributed by atoms with Crippen LogP contribution in [0.15, 0.2) is 42.6 Å². The molecule has 0 fully saturated rings. The zero-order chi connectivity index (χ0) is 13.5. The Bertz CT molecular complexity index is 588. The van der Waals surface area contributed by atoms with Gasteiger partial charge in [0.25, 0.3) is 0 Å². The van der Waals surface area contributed by atoms with Crippen molar-refractivity contribution in [1.82, 2.24) is 10.3 Å². The highest BCUT2D eigenvalue weighted by Crippen LogP contribution is 2.17. The minimum Gasteiger partial charge on any atom is -0.396 e. The number of benzene rings is 1. The summed E-state index contributed by atoms with van der Waals surface area (Å²) in [6, 6.07) is 9.67. The normalized spacial score (nSPS) is 11.0. The molecule has 4 heteroatoms. The quantitative estimate of drug-likeness (QED) is 0.633. The zero-order valence-electron chi connectivity index (χ0n) is 10.5. The van der Waals surface area contributed by atoms with Crippen LogP contribution in [0.2, 0.25) is 0 Å². The lowest BCUT2D eigenvalue weighted by atomic mass is 10.1. The van der Waals surface area contributed by atoms with Crippen molar-refractivity contribution in [2.75, 3.05) is 13.2 Å². The fraction of sp³-hybridized carbons (Fsp3) is 0.200. The van der Waals surface area contributed by atoms with E-state index in [0.717, 1.165) is 16.5 Å². The van der Waals surface area contributed by atoms with E-state index in [1.54, 1.807) is 12.3 Å². The van der Waals surface area contributed by atoms with Gasteiger partial charge in [-0.15, -0.1) is 0 Å². The molecule has 1 aromatic carbocycles. The van der Waals surface area contributed by atoms with Gasteiger partial charge >= 0.3 is 0 Å². The van der Waals surface area contributed by atoms with Crippen molar-refractivity contribution in [2.45, 2.75) is 6.42 Å². The molecule has 0 unspecified atom stereocenters. The highest BCUT2D eigenvalue weighted by molar-refractivity contribution is 5.95. The number of aromatic nitrogens is 1. The third kappa shape index (κ3) is 3.63. The SMILES string of the molecule is O=C(/C=C/c1ccnc2ccccc12)NCCCO. The maximum absolute atomic E-state index is 11.5. The van der Waals surface area contributed by atoms with E-state index in [2.05, 4.69) is 10.3 Å². The molecule has 0 bridgehead atoms. The first-order valence-electron chi connectivity index (χ1n) is 6.22. The lowest BCUT2D eigenvalue weighted by Crippen LogP contribution is -2.22. The van der Waals surface area contributed by atoms with Crippen molar-refractivity contribution >= 4 is 22.9 Å². The predicted molar refractivity (Wildman–Crippen MR) is 75.5 cm³/mol. The Kier molecular flexibility index (Phi) is 4.64. The monoisotopic (exact) mass is 256 g/mol. The summed E-state index contributed by atoms with van der Waals surface area (Å²) in [6.07, 6.45) is 5.57. The summed E-state index contributed by atoms with van der Waals surface area (Å²) in [6.45, 7) is 0.565. The van der Waals surface area contributed by atoms with Crippen molar-refractivity contribution in [1.29, 1.82) is 0 Å². The standard InChI is InChI=1S/C15H16N2O2/c18-11-3-9-17-15(19)7-6-12-8-10-16-14-5-2-1-4-13(12)14/h1-2,4-8,10,18H,3,9,11H2,(H,17,19)/b7-6+. The Hall–Kier alpha value is -2.20. The molecule has 1 amide bonds. The Balaban J connectivity index is 2.10. The van der Waals surface area contributed by atoms with Crippen molar-refractivity contribution in [2.24, 2.45) is 0 Å². The number of carbonyl (C=O) groups excluding carboxylic acids is 1. The van der Waals surface area contributed by atoms with Gasteiger partial charge < -0.3 is 10.4 Å². The summed E-state index contributed by atoms with van der Waals surface area (Å²) in [7, 11) is 0. The minimum atomic E-state index is -0.158. The van der Waals surface area contributed by atoms with Crippen LogP contribution in [-0.2, 0) is 4.79 Å². The van der Waals surface area contributed by atoms with Crippen molar-refractivity contribution in [3.8, 4) is 0 Å².